The highest BCUT2D eigenvalue weighted by atomic mass is 32.1. The quantitative estimate of drug-likeness (QED) is 0.612. The molecule has 2 aromatic carbocycles. The molecule has 5 nitrogen and oxygen atoms in total. The summed E-state index contributed by atoms with van der Waals surface area (Å²) in [5.74, 6) is -0.0713. The van der Waals surface area contributed by atoms with Crippen molar-refractivity contribution in [3.8, 4) is 0 Å². The summed E-state index contributed by atoms with van der Waals surface area (Å²) in [6.45, 7) is 5.93. The highest BCUT2D eigenvalue weighted by molar-refractivity contribution is 7.13. The first-order valence-electron chi connectivity index (χ1n) is 8.60. The molecule has 1 amide bonds. The van der Waals surface area contributed by atoms with Crippen LogP contribution in [0.2, 0.25) is 0 Å². The van der Waals surface area contributed by atoms with E-state index in [-0.39, 0.29) is 11.7 Å². The molecular formula is C21H21N3O2S. The molecule has 3 rings (SSSR count). The van der Waals surface area contributed by atoms with Gasteiger partial charge in [-0.1, -0.05) is 6.07 Å². The normalized spacial score (nSPS) is 10.5. The number of Topliss-reactive ketones (excluding diaryl/α,β-unsaturated/α-hetero) is 1. The monoisotopic (exact) mass is 379 g/mol. The third-order valence-electron chi connectivity index (χ3n) is 4.29. The van der Waals surface area contributed by atoms with Crippen LogP contribution in [-0.2, 0) is 6.54 Å². The maximum absolute atomic E-state index is 12.3. The van der Waals surface area contributed by atoms with Crippen LogP contribution in [0, 0.1) is 13.8 Å². The number of hydrogen-bond donors (Lipinski definition) is 2. The Bertz CT molecular complexity index is 977. The van der Waals surface area contributed by atoms with Crippen molar-refractivity contribution in [2.24, 2.45) is 0 Å². The first-order chi connectivity index (χ1) is 12.9. The number of thiazole rings is 1. The molecule has 0 unspecified atom stereocenters. The van der Waals surface area contributed by atoms with Crippen LogP contribution in [0.1, 0.15) is 44.5 Å². The Morgan fingerprint density at radius 2 is 1.70 bits per heavy atom. The molecule has 0 spiro atoms. The molecule has 0 radical (unpaired) electrons. The van der Waals surface area contributed by atoms with Crippen LogP contribution in [0.25, 0.3) is 0 Å². The first kappa shape index (κ1) is 18.8. The first-order valence-corrected chi connectivity index (χ1v) is 9.48. The summed E-state index contributed by atoms with van der Waals surface area (Å²) in [7, 11) is 0. The van der Waals surface area contributed by atoms with Crippen LogP contribution in [0.15, 0.2) is 47.8 Å². The van der Waals surface area contributed by atoms with E-state index >= 15 is 0 Å². The van der Waals surface area contributed by atoms with Gasteiger partial charge in [0.2, 0.25) is 0 Å². The molecule has 0 fully saturated rings. The molecule has 6 heteroatoms. The summed E-state index contributed by atoms with van der Waals surface area (Å²) in [6.07, 6.45) is 0. The molecule has 3 aromatic rings. The molecular weight excluding hydrogens is 358 g/mol. The van der Waals surface area contributed by atoms with E-state index in [9.17, 15) is 9.59 Å². The predicted octanol–water partition coefficient (Wildman–Crippen LogP) is 4.64. The van der Waals surface area contributed by atoms with Gasteiger partial charge in [-0.3, -0.25) is 9.59 Å². The zero-order chi connectivity index (χ0) is 19.4. The fourth-order valence-electron chi connectivity index (χ4n) is 2.51. The number of amides is 1. The Kier molecular flexibility index (Phi) is 5.66. The standard InChI is InChI=1S/C21H21N3O2S/c1-13-4-5-17(10-14(13)2)20(26)22-11-19-12-27-21(24-19)23-18-8-6-16(7-9-18)15(3)25/h4-10,12H,11H2,1-3H3,(H,22,26)(H,23,24). The third kappa shape index (κ3) is 4.80. The number of rotatable bonds is 6. The van der Waals surface area contributed by atoms with Crippen molar-refractivity contribution < 1.29 is 9.59 Å². The number of carbonyl (C=O) groups excluding carboxylic acids is 2. The molecule has 1 aromatic heterocycles. The molecule has 0 saturated heterocycles. The summed E-state index contributed by atoms with van der Waals surface area (Å²) >= 11 is 1.47. The number of aromatic nitrogens is 1. The van der Waals surface area contributed by atoms with Gasteiger partial charge in [0.05, 0.1) is 12.2 Å². The van der Waals surface area contributed by atoms with Gasteiger partial charge in [-0.2, -0.15) is 0 Å². The number of benzene rings is 2. The molecule has 0 aliphatic rings. The second kappa shape index (κ2) is 8.14. The van der Waals surface area contributed by atoms with E-state index in [0.29, 0.717) is 17.7 Å². The van der Waals surface area contributed by atoms with Crippen LogP contribution in [-0.4, -0.2) is 16.7 Å². The lowest BCUT2D eigenvalue weighted by molar-refractivity contribution is 0.0949. The highest BCUT2D eigenvalue weighted by Crippen LogP contribution is 2.21. The number of nitrogens with one attached hydrogen (secondary N) is 2. The molecule has 0 bridgehead atoms. The van der Waals surface area contributed by atoms with Crippen molar-refractivity contribution in [1.29, 1.82) is 0 Å². The summed E-state index contributed by atoms with van der Waals surface area (Å²) in [5.41, 5.74) is 5.24. The SMILES string of the molecule is CC(=O)c1ccc(Nc2nc(CNC(=O)c3ccc(C)c(C)c3)cs2)cc1. The van der Waals surface area contributed by atoms with Crippen molar-refractivity contribution in [3.63, 3.8) is 0 Å². The molecule has 0 aliphatic carbocycles. The number of aryl methyl sites for hydroxylation is 2. The zero-order valence-corrected chi connectivity index (χ0v) is 16.3. The van der Waals surface area contributed by atoms with E-state index in [1.54, 1.807) is 19.1 Å². The van der Waals surface area contributed by atoms with Gasteiger partial charge in [0.15, 0.2) is 10.9 Å². The summed E-state index contributed by atoms with van der Waals surface area (Å²) in [5, 5.41) is 8.75. The topological polar surface area (TPSA) is 71.1 Å². The summed E-state index contributed by atoms with van der Waals surface area (Å²) in [4.78, 5) is 28.1. The van der Waals surface area contributed by atoms with Gasteiger partial charge in [0.25, 0.3) is 5.91 Å². The van der Waals surface area contributed by atoms with Gasteiger partial charge in [-0.15, -0.1) is 11.3 Å². The van der Waals surface area contributed by atoms with Crippen molar-refractivity contribution in [2.75, 3.05) is 5.32 Å². The summed E-state index contributed by atoms with van der Waals surface area (Å²) in [6, 6.07) is 12.9. The number of hydrogen-bond acceptors (Lipinski definition) is 5. The van der Waals surface area contributed by atoms with Gasteiger partial charge in [0, 0.05) is 22.2 Å². The molecule has 0 aliphatic heterocycles. The molecule has 2 N–H and O–H groups in total. The molecule has 27 heavy (non-hydrogen) atoms. The van der Waals surface area contributed by atoms with Crippen molar-refractivity contribution in [3.05, 3.63) is 75.8 Å². The molecule has 0 atom stereocenters. The van der Waals surface area contributed by atoms with Crippen LogP contribution in [0.4, 0.5) is 10.8 Å². The Balaban J connectivity index is 1.58. The van der Waals surface area contributed by atoms with Crippen molar-refractivity contribution in [2.45, 2.75) is 27.3 Å². The van der Waals surface area contributed by atoms with Gasteiger partial charge < -0.3 is 10.6 Å². The fourth-order valence-corrected chi connectivity index (χ4v) is 3.24. The van der Waals surface area contributed by atoms with Crippen LogP contribution in [0.5, 0.6) is 0 Å². The smallest absolute Gasteiger partial charge is 0.251 e. The maximum atomic E-state index is 12.3. The number of anilines is 2. The minimum atomic E-state index is -0.111. The lowest BCUT2D eigenvalue weighted by Crippen LogP contribution is -2.23. The Labute approximate surface area is 162 Å². The lowest BCUT2D eigenvalue weighted by Gasteiger charge is -2.06. The maximum Gasteiger partial charge on any atom is 0.251 e. The van der Waals surface area contributed by atoms with Gasteiger partial charge in [-0.25, -0.2) is 4.98 Å². The second-order valence-electron chi connectivity index (χ2n) is 6.38. The Morgan fingerprint density at radius 1 is 1.00 bits per heavy atom. The van der Waals surface area contributed by atoms with E-state index < -0.39 is 0 Å². The van der Waals surface area contributed by atoms with Crippen LogP contribution >= 0.6 is 11.3 Å². The number of carbonyl (C=O) groups is 2. The molecule has 138 valence electrons. The third-order valence-corrected chi connectivity index (χ3v) is 5.10. The van der Waals surface area contributed by atoms with Gasteiger partial charge in [0.1, 0.15) is 0 Å². The van der Waals surface area contributed by atoms with E-state index in [1.165, 1.54) is 11.3 Å². The van der Waals surface area contributed by atoms with Gasteiger partial charge >= 0.3 is 0 Å². The number of nitrogens with zero attached hydrogens (tertiary/aromatic N) is 1. The van der Waals surface area contributed by atoms with E-state index in [0.717, 1.165) is 27.6 Å². The number of ketones is 1. The average Bonchev–Trinajstić information content (AvgIpc) is 3.10. The van der Waals surface area contributed by atoms with E-state index in [4.69, 9.17) is 0 Å². The van der Waals surface area contributed by atoms with Crippen molar-refractivity contribution >= 4 is 33.8 Å². The van der Waals surface area contributed by atoms with E-state index in [2.05, 4.69) is 15.6 Å². The van der Waals surface area contributed by atoms with Gasteiger partial charge in [-0.05, 0) is 68.3 Å². The van der Waals surface area contributed by atoms with Crippen molar-refractivity contribution in [1.82, 2.24) is 10.3 Å². The highest BCUT2D eigenvalue weighted by Gasteiger charge is 2.08. The largest absolute Gasteiger partial charge is 0.346 e. The average molecular weight is 379 g/mol. The predicted molar refractivity (Wildman–Crippen MR) is 109 cm³/mol. The Hall–Kier alpha value is -2.99. The Morgan fingerprint density at radius 3 is 2.37 bits per heavy atom. The van der Waals surface area contributed by atoms with Crippen LogP contribution < -0.4 is 10.6 Å². The second-order valence-corrected chi connectivity index (χ2v) is 7.24. The van der Waals surface area contributed by atoms with E-state index in [1.807, 2.05) is 49.6 Å². The summed E-state index contributed by atoms with van der Waals surface area (Å²) < 4.78 is 0. The molecule has 1 heterocycles. The minimum Gasteiger partial charge on any atom is -0.346 e. The van der Waals surface area contributed by atoms with Crippen LogP contribution in [0.3, 0.4) is 0 Å². The molecule has 0 saturated carbocycles. The lowest BCUT2D eigenvalue weighted by atomic mass is 10.1. The zero-order valence-electron chi connectivity index (χ0n) is 15.5. The minimum absolute atomic E-state index is 0.0394. The fraction of sp³-hybridized carbons (Fsp3) is 0.190.